The van der Waals surface area contributed by atoms with E-state index in [2.05, 4.69) is 36.6 Å². The van der Waals surface area contributed by atoms with Gasteiger partial charge in [0.05, 0.1) is 18.5 Å². The zero-order valence-corrected chi connectivity index (χ0v) is 23.1. The Morgan fingerprint density at radius 2 is 1.85 bits per heavy atom. The van der Waals surface area contributed by atoms with E-state index in [4.69, 9.17) is 4.74 Å². The van der Waals surface area contributed by atoms with Crippen LogP contribution in [0.3, 0.4) is 0 Å². The zero-order chi connectivity index (χ0) is 27.9. The molecule has 0 aliphatic carbocycles. The maximum absolute atomic E-state index is 13.2. The van der Waals surface area contributed by atoms with Crippen LogP contribution in [0.2, 0.25) is 0 Å². The second-order valence-electron chi connectivity index (χ2n) is 9.85. The highest BCUT2D eigenvalue weighted by Gasteiger charge is 2.19. The largest absolute Gasteiger partial charge is 0.496 e. The van der Waals surface area contributed by atoms with Gasteiger partial charge in [-0.2, -0.15) is 0 Å². The molecule has 9 nitrogen and oxygen atoms in total. The van der Waals surface area contributed by atoms with Gasteiger partial charge in [-0.3, -0.25) is 9.59 Å². The van der Waals surface area contributed by atoms with Crippen LogP contribution in [0, 0.1) is 0 Å². The topological polar surface area (TPSA) is 90.9 Å². The van der Waals surface area contributed by atoms with Crippen molar-refractivity contribution in [2.75, 3.05) is 69.5 Å². The van der Waals surface area contributed by atoms with Crippen molar-refractivity contribution >= 4 is 28.8 Å². The van der Waals surface area contributed by atoms with Gasteiger partial charge in [-0.05, 0) is 63.0 Å². The number of methoxy groups -OCH3 is 1. The Morgan fingerprint density at radius 3 is 2.46 bits per heavy atom. The van der Waals surface area contributed by atoms with Crippen LogP contribution in [0.4, 0.5) is 17.1 Å². The SMILES string of the molecule is C=CC(=O)Nc1cc(Cc2nccc(C(=O)c3ccc(N4CCC4)cc3)n2)c(OC)cc1N(C)CCN(C)C. The molecule has 0 spiro atoms. The molecule has 0 unspecified atom stereocenters. The molecule has 1 saturated heterocycles. The number of hydrogen-bond acceptors (Lipinski definition) is 8. The summed E-state index contributed by atoms with van der Waals surface area (Å²) in [7, 11) is 7.60. The van der Waals surface area contributed by atoms with Crippen LogP contribution in [0.15, 0.2) is 61.3 Å². The summed E-state index contributed by atoms with van der Waals surface area (Å²) in [6.07, 6.45) is 4.35. The lowest BCUT2D eigenvalue weighted by atomic mass is 10.0. The first kappa shape index (κ1) is 27.8. The predicted octanol–water partition coefficient (Wildman–Crippen LogP) is 3.64. The fourth-order valence-corrected chi connectivity index (χ4v) is 4.34. The first-order valence-electron chi connectivity index (χ1n) is 13.0. The number of anilines is 3. The molecule has 2 heterocycles. The van der Waals surface area contributed by atoms with Crippen molar-refractivity contribution in [1.29, 1.82) is 0 Å². The second-order valence-corrected chi connectivity index (χ2v) is 9.85. The summed E-state index contributed by atoms with van der Waals surface area (Å²) in [5.41, 5.74) is 4.27. The smallest absolute Gasteiger partial charge is 0.247 e. The summed E-state index contributed by atoms with van der Waals surface area (Å²) >= 11 is 0. The standard InChI is InChI=1S/C30H36N6O3/c1-6-29(37)33-25-18-22(27(39-5)20-26(25)35(4)17-16-34(2)3)19-28-31-13-12-24(32-28)30(38)21-8-10-23(11-9-21)36-14-7-15-36/h6,8-13,18,20H,1,7,14-17,19H2,2-5H3,(H,33,37). The van der Waals surface area contributed by atoms with E-state index >= 15 is 0 Å². The van der Waals surface area contributed by atoms with E-state index in [1.54, 1.807) is 19.4 Å². The predicted molar refractivity (Wildman–Crippen MR) is 155 cm³/mol. The molecule has 3 aromatic rings. The van der Waals surface area contributed by atoms with Crippen LogP contribution in [-0.2, 0) is 11.2 Å². The van der Waals surface area contributed by atoms with Gasteiger partial charge < -0.3 is 24.8 Å². The Hall–Kier alpha value is -4.24. The maximum Gasteiger partial charge on any atom is 0.247 e. The van der Waals surface area contributed by atoms with Crippen molar-refractivity contribution in [3.63, 3.8) is 0 Å². The number of rotatable bonds is 12. The van der Waals surface area contributed by atoms with E-state index in [9.17, 15) is 9.59 Å². The molecule has 1 aliphatic heterocycles. The quantitative estimate of drug-likeness (QED) is 0.282. The van der Waals surface area contributed by atoms with Gasteiger partial charge in [0.25, 0.3) is 0 Å². The Morgan fingerprint density at radius 1 is 1.10 bits per heavy atom. The fraction of sp³-hybridized carbons (Fsp3) is 0.333. The highest BCUT2D eigenvalue weighted by Crippen LogP contribution is 2.34. The van der Waals surface area contributed by atoms with Crippen molar-refractivity contribution in [1.82, 2.24) is 14.9 Å². The molecule has 4 rings (SSSR count). The number of hydrogen-bond donors (Lipinski definition) is 1. The highest BCUT2D eigenvalue weighted by atomic mass is 16.5. The first-order chi connectivity index (χ1) is 18.8. The number of ether oxygens (including phenoxy) is 1. The summed E-state index contributed by atoms with van der Waals surface area (Å²) in [5.74, 6) is 0.654. The van der Waals surface area contributed by atoms with E-state index < -0.39 is 0 Å². The fourth-order valence-electron chi connectivity index (χ4n) is 4.34. The van der Waals surface area contributed by atoms with Gasteiger partial charge in [0.15, 0.2) is 0 Å². The van der Waals surface area contributed by atoms with Gasteiger partial charge >= 0.3 is 0 Å². The van der Waals surface area contributed by atoms with Crippen molar-refractivity contribution in [2.24, 2.45) is 0 Å². The minimum atomic E-state index is -0.308. The molecule has 1 N–H and O–H groups in total. The van der Waals surface area contributed by atoms with Crippen molar-refractivity contribution < 1.29 is 14.3 Å². The van der Waals surface area contributed by atoms with Crippen LogP contribution in [0.25, 0.3) is 0 Å². The number of amides is 1. The van der Waals surface area contributed by atoms with Crippen molar-refractivity contribution in [3.8, 4) is 5.75 Å². The minimum Gasteiger partial charge on any atom is -0.496 e. The van der Waals surface area contributed by atoms with Crippen LogP contribution in [0.1, 0.15) is 33.9 Å². The number of carbonyl (C=O) groups excluding carboxylic acids is 2. The van der Waals surface area contributed by atoms with Gasteiger partial charge in [0, 0.05) is 68.7 Å². The Labute approximate surface area is 230 Å². The summed E-state index contributed by atoms with van der Waals surface area (Å²) in [6.45, 7) is 7.27. The number of carbonyl (C=O) groups is 2. The van der Waals surface area contributed by atoms with Gasteiger partial charge in [-0.1, -0.05) is 6.58 Å². The molecular formula is C30H36N6O3. The molecule has 0 bridgehead atoms. The van der Waals surface area contributed by atoms with Gasteiger partial charge in [-0.15, -0.1) is 0 Å². The Balaban J connectivity index is 1.59. The average molecular weight is 529 g/mol. The van der Waals surface area contributed by atoms with E-state index in [1.165, 1.54) is 12.5 Å². The summed E-state index contributed by atoms with van der Waals surface area (Å²) in [5, 5.41) is 2.91. The van der Waals surface area contributed by atoms with Gasteiger partial charge in [-0.25, -0.2) is 9.97 Å². The number of likely N-dealkylation sites (N-methyl/N-ethyl adjacent to an activating group) is 2. The summed E-state index contributed by atoms with van der Waals surface area (Å²) < 4.78 is 5.72. The van der Waals surface area contributed by atoms with Crippen LogP contribution in [0.5, 0.6) is 5.75 Å². The molecule has 1 fully saturated rings. The molecule has 1 amide bonds. The number of nitrogens with one attached hydrogen (secondary N) is 1. The molecule has 1 aromatic heterocycles. The van der Waals surface area contributed by atoms with Crippen molar-refractivity contribution in [3.05, 3.63) is 84.0 Å². The third-order valence-electron chi connectivity index (χ3n) is 6.77. The van der Waals surface area contributed by atoms with E-state index in [0.717, 1.165) is 43.1 Å². The molecule has 2 aromatic carbocycles. The minimum absolute atomic E-state index is 0.155. The number of benzene rings is 2. The lowest BCUT2D eigenvalue weighted by Crippen LogP contribution is -2.36. The Bertz CT molecular complexity index is 1340. The molecule has 0 atom stereocenters. The van der Waals surface area contributed by atoms with Crippen LogP contribution in [-0.4, -0.2) is 81.0 Å². The molecule has 0 saturated carbocycles. The Kier molecular flexibility index (Phi) is 8.93. The van der Waals surface area contributed by atoms with Crippen LogP contribution >= 0.6 is 0 Å². The first-order valence-corrected chi connectivity index (χ1v) is 13.0. The normalized spacial score (nSPS) is 12.6. The van der Waals surface area contributed by atoms with Crippen LogP contribution < -0.4 is 19.9 Å². The molecule has 0 radical (unpaired) electrons. The van der Waals surface area contributed by atoms with Crippen molar-refractivity contribution in [2.45, 2.75) is 12.8 Å². The molecular weight excluding hydrogens is 492 g/mol. The number of ketones is 1. The molecule has 204 valence electrons. The average Bonchev–Trinajstić information content (AvgIpc) is 2.91. The van der Waals surface area contributed by atoms with E-state index in [0.29, 0.717) is 34.9 Å². The summed E-state index contributed by atoms with van der Waals surface area (Å²) in [4.78, 5) is 40.8. The van der Waals surface area contributed by atoms with Gasteiger partial charge in [0.1, 0.15) is 17.3 Å². The zero-order valence-electron chi connectivity index (χ0n) is 23.1. The molecule has 39 heavy (non-hydrogen) atoms. The number of nitrogens with zero attached hydrogens (tertiary/aromatic N) is 5. The number of aromatic nitrogens is 2. The summed E-state index contributed by atoms with van der Waals surface area (Å²) in [6, 6.07) is 13.1. The second kappa shape index (κ2) is 12.5. The third kappa shape index (κ3) is 6.80. The molecule has 1 aliphatic rings. The maximum atomic E-state index is 13.2. The van der Waals surface area contributed by atoms with E-state index in [1.807, 2.05) is 57.5 Å². The lowest BCUT2D eigenvalue weighted by Gasteiger charge is -2.33. The lowest BCUT2D eigenvalue weighted by molar-refractivity contribution is -0.111. The highest BCUT2D eigenvalue weighted by molar-refractivity contribution is 6.07. The van der Waals surface area contributed by atoms with E-state index in [-0.39, 0.29) is 11.7 Å². The van der Waals surface area contributed by atoms with Gasteiger partial charge in [0.2, 0.25) is 11.7 Å². The molecule has 9 heteroatoms. The monoisotopic (exact) mass is 528 g/mol. The third-order valence-corrected chi connectivity index (χ3v) is 6.77.